The molecular formula is C28H30FN5O4. The molecule has 1 heterocycles. The Bertz CT molecular complexity index is 1450. The van der Waals surface area contributed by atoms with Crippen LogP contribution < -0.4 is 19.7 Å². The summed E-state index contributed by atoms with van der Waals surface area (Å²) in [5, 5.41) is 11.2. The quantitative estimate of drug-likeness (QED) is 0.373. The molecule has 4 aromatic rings. The highest BCUT2D eigenvalue weighted by molar-refractivity contribution is 6.02. The van der Waals surface area contributed by atoms with Gasteiger partial charge in [0, 0.05) is 16.8 Å². The fourth-order valence-electron chi connectivity index (χ4n) is 4.24. The van der Waals surface area contributed by atoms with Crippen molar-refractivity contribution in [2.75, 3.05) is 19.1 Å². The van der Waals surface area contributed by atoms with Crippen LogP contribution in [0.15, 0.2) is 66.7 Å². The fourth-order valence-corrected chi connectivity index (χ4v) is 4.24. The molecule has 0 saturated carbocycles. The van der Waals surface area contributed by atoms with E-state index < -0.39 is 29.2 Å². The van der Waals surface area contributed by atoms with Crippen LogP contribution >= 0.6 is 0 Å². The zero-order valence-corrected chi connectivity index (χ0v) is 21.9. The number of nitrogens with zero attached hydrogens (tertiary/aromatic N) is 4. The summed E-state index contributed by atoms with van der Waals surface area (Å²) in [6.45, 7) is 5.31. The minimum atomic E-state index is -1.19. The van der Waals surface area contributed by atoms with Gasteiger partial charge in [-0.3, -0.25) is 14.5 Å². The maximum absolute atomic E-state index is 14.1. The number of para-hydroxylation sites is 2. The first-order chi connectivity index (χ1) is 18.1. The average molecular weight is 520 g/mol. The van der Waals surface area contributed by atoms with Crippen LogP contribution in [-0.2, 0) is 16.1 Å². The van der Waals surface area contributed by atoms with Crippen LogP contribution in [0.2, 0.25) is 0 Å². The number of methoxy groups -OCH3 is 2. The van der Waals surface area contributed by atoms with Crippen molar-refractivity contribution in [1.82, 2.24) is 20.3 Å². The maximum Gasteiger partial charge on any atom is 0.249 e. The minimum absolute atomic E-state index is 0.219. The number of carbonyl (C=O) groups excluding carboxylic acids is 2. The topological polar surface area (TPSA) is 98.6 Å². The number of benzene rings is 3. The van der Waals surface area contributed by atoms with Crippen LogP contribution in [0.25, 0.3) is 11.0 Å². The first-order valence-corrected chi connectivity index (χ1v) is 12.0. The number of anilines is 1. The third-order valence-corrected chi connectivity index (χ3v) is 5.81. The monoisotopic (exact) mass is 519 g/mol. The lowest BCUT2D eigenvalue weighted by Gasteiger charge is -2.34. The molecule has 198 valence electrons. The number of hydrogen-bond donors (Lipinski definition) is 1. The second-order valence-electron chi connectivity index (χ2n) is 9.70. The zero-order valence-electron chi connectivity index (χ0n) is 21.9. The van der Waals surface area contributed by atoms with Crippen LogP contribution in [0.3, 0.4) is 0 Å². The van der Waals surface area contributed by atoms with Crippen LogP contribution in [0.5, 0.6) is 11.5 Å². The minimum Gasteiger partial charge on any atom is -0.493 e. The van der Waals surface area contributed by atoms with Crippen LogP contribution in [0.1, 0.15) is 32.4 Å². The number of carbonyl (C=O) groups is 2. The molecule has 0 unspecified atom stereocenters. The molecule has 0 fully saturated rings. The molecule has 0 bridgehead atoms. The fraction of sp³-hybridized carbons (Fsp3) is 0.286. The molecular weight excluding hydrogens is 489 g/mol. The van der Waals surface area contributed by atoms with Crippen molar-refractivity contribution in [1.29, 1.82) is 0 Å². The van der Waals surface area contributed by atoms with Gasteiger partial charge in [0.25, 0.3) is 0 Å². The van der Waals surface area contributed by atoms with Gasteiger partial charge in [0.2, 0.25) is 11.8 Å². The van der Waals surface area contributed by atoms with E-state index in [-0.39, 0.29) is 6.54 Å². The number of halogens is 1. The van der Waals surface area contributed by atoms with E-state index in [1.165, 1.54) is 48.1 Å². The molecule has 0 spiro atoms. The number of fused-ring (bicyclic) bond motifs is 1. The lowest BCUT2D eigenvalue weighted by molar-refractivity contribution is -0.128. The van der Waals surface area contributed by atoms with Crippen molar-refractivity contribution in [3.05, 3.63) is 78.1 Å². The molecule has 2 amide bonds. The summed E-state index contributed by atoms with van der Waals surface area (Å²) in [4.78, 5) is 29.3. The molecule has 9 nitrogen and oxygen atoms in total. The van der Waals surface area contributed by atoms with E-state index in [2.05, 4.69) is 15.6 Å². The van der Waals surface area contributed by atoms with Crippen LogP contribution in [-0.4, -0.2) is 46.6 Å². The second kappa shape index (κ2) is 10.9. The van der Waals surface area contributed by atoms with E-state index in [1.807, 2.05) is 32.9 Å². The van der Waals surface area contributed by atoms with Gasteiger partial charge < -0.3 is 14.8 Å². The normalized spacial score (nSPS) is 12.2. The molecule has 0 saturated heterocycles. The van der Waals surface area contributed by atoms with Crippen molar-refractivity contribution in [3.63, 3.8) is 0 Å². The predicted octanol–water partition coefficient (Wildman–Crippen LogP) is 4.28. The molecule has 1 N–H and O–H groups in total. The maximum atomic E-state index is 14.1. The molecule has 10 heteroatoms. The highest BCUT2D eigenvalue weighted by atomic mass is 19.1. The summed E-state index contributed by atoms with van der Waals surface area (Å²) >= 11 is 0. The Balaban J connectivity index is 1.89. The summed E-state index contributed by atoms with van der Waals surface area (Å²) in [6, 6.07) is 16.6. The lowest BCUT2D eigenvalue weighted by atomic mass is 9.99. The van der Waals surface area contributed by atoms with E-state index >= 15 is 0 Å². The Morgan fingerprint density at radius 1 is 1.00 bits per heavy atom. The Hall–Kier alpha value is -4.47. The van der Waals surface area contributed by atoms with Crippen molar-refractivity contribution in [3.8, 4) is 11.5 Å². The largest absolute Gasteiger partial charge is 0.493 e. The first kappa shape index (κ1) is 26.6. The molecule has 0 aliphatic heterocycles. The summed E-state index contributed by atoms with van der Waals surface area (Å²) in [7, 11) is 2.95. The van der Waals surface area contributed by atoms with Gasteiger partial charge in [0.1, 0.15) is 23.9 Å². The molecule has 1 aromatic heterocycles. The number of ether oxygens (including phenoxy) is 2. The summed E-state index contributed by atoms with van der Waals surface area (Å²) in [5.74, 6) is -0.697. The first-order valence-electron chi connectivity index (χ1n) is 12.0. The lowest BCUT2D eigenvalue weighted by Crippen LogP contribution is -2.50. The Morgan fingerprint density at radius 3 is 2.37 bits per heavy atom. The van der Waals surface area contributed by atoms with Crippen molar-refractivity contribution < 1.29 is 23.5 Å². The highest BCUT2D eigenvalue weighted by Crippen LogP contribution is 2.39. The molecule has 0 radical (unpaired) electrons. The highest BCUT2D eigenvalue weighted by Gasteiger charge is 2.37. The van der Waals surface area contributed by atoms with E-state index in [0.29, 0.717) is 33.8 Å². The van der Waals surface area contributed by atoms with E-state index in [4.69, 9.17) is 9.47 Å². The molecule has 4 rings (SSSR count). The van der Waals surface area contributed by atoms with E-state index in [1.54, 1.807) is 30.3 Å². The molecule has 1 atom stereocenters. The molecule has 0 aliphatic carbocycles. The number of hydrogen-bond acceptors (Lipinski definition) is 6. The Kier molecular flexibility index (Phi) is 7.61. The summed E-state index contributed by atoms with van der Waals surface area (Å²) in [5.41, 5.74) is 1.40. The smallest absolute Gasteiger partial charge is 0.249 e. The number of amides is 2. The van der Waals surface area contributed by atoms with E-state index in [0.717, 1.165) is 0 Å². The molecule has 38 heavy (non-hydrogen) atoms. The Morgan fingerprint density at radius 2 is 1.71 bits per heavy atom. The summed E-state index contributed by atoms with van der Waals surface area (Å²) in [6.07, 6.45) is 0. The number of nitrogens with one attached hydrogen (secondary N) is 1. The van der Waals surface area contributed by atoms with Gasteiger partial charge in [-0.2, -0.15) is 0 Å². The van der Waals surface area contributed by atoms with Gasteiger partial charge in [-0.05, 0) is 63.2 Å². The SMILES string of the molecule is COc1cccc([C@@H](C(=O)NC(C)(C)C)N(C(=O)Cn2nnc3ccccc32)c2ccc(F)cc2)c1OC. The third kappa shape index (κ3) is 5.59. The average Bonchev–Trinajstić information content (AvgIpc) is 3.29. The van der Waals surface area contributed by atoms with E-state index in [9.17, 15) is 14.0 Å². The van der Waals surface area contributed by atoms with Gasteiger partial charge in [-0.1, -0.05) is 29.5 Å². The van der Waals surface area contributed by atoms with Crippen LogP contribution in [0, 0.1) is 5.82 Å². The van der Waals surface area contributed by atoms with Gasteiger partial charge in [-0.25, -0.2) is 9.07 Å². The number of aromatic nitrogens is 3. The third-order valence-electron chi connectivity index (χ3n) is 5.81. The summed E-state index contributed by atoms with van der Waals surface area (Å²) < 4.78 is 26.5. The van der Waals surface area contributed by atoms with Crippen molar-refractivity contribution >= 4 is 28.5 Å². The van der Waals surface area contributed by atoms with Gasteiger partial charge in [0.15, 0.2) is 11.5 Å². The standard InChI is InChI=1S/C28H30FN5O4/c1-28(2,3)30-27(36)25(20-9-8-12-23(37-4)26(20)38-5)34(19-15-13-18(29)14-16-19)24(35)17-33-22-11-7-6-10-21(22)31-32-33/h6-16,25H,17H2,1-5H3,(H,30,36)/t25-/m0/s1. The zero-order chi connectivity index (χ0) is 27.4. The Labute approximate surface area is 220 Å². The van der Waals surface area contributed by atoms with Crippen LogP contribution in [0.4, 0.5) is 10.1 Å². The second-order valence-corrected chi connectivity index (χ2v) is 9.70. The molecule has 3 aromatic carbocycles. The van der Waals surface area contributed by atoms with Crippen molar-refractivity contribution in [2.45, 2.75) is 38.9 Å². The number of rotatable bonds is 8. The van der Waals surface area contributed by atoms with Gasteiger partial charge >= 0.3 is 0 Å². The predicted molar refractivity (Wildman–Crippen MR) is 142 cm³/mol. The van der Waals surface area contributed by atoms with Gasteiger partial charge in [0.05, 0.1) is 19.7 Å². The molecule has 0 aliphatic rings. The van der Waals surface area contributed by atoms with Gasteiger partial charge in [-0.15, -0.1) is 5.10 Å². The van der Waals surface area contributed by atoms with Crippen molar-refractivity contribution in [2.24, 2.45) is 0 Å².